The summed E-state index contributed by atoms with van der Waals surface area (Å²) in [4.78, 5) is 4.48. The van der Waals surface area contributed by atoms with Crippen molar-refractivity contribution in [3.63, 3.8) is 0 Å². The summed E-state index contributed by atoms with van der Waals surface area (Å²) in [7, 11) is 0. The highest BCUT2D eigenvalue weighted by Gasteiger charge is 2.48. The summed E-state index contributed by atoms with van der Waals surface area (Å²) >= 11 is 0. The van der Waals surface area contributed by atoms with Gasteiger partial charge in [-0.1, -0.05) is 13.0 Å². The van der Waals surface area contributed by atoms with Gasteiger partial charge < -0.3 is 10.1 Å². The monoisotopic (exact) mass is 276 g/mol. The number of hydrogen-bond acceptors (Lipinski definition) is 3. The van der Waals surface area contributed by atoms with Gasteiger partial charge in [-0.15, -0.1) is 0 Å². The minimum absolute atomic E-state index is 0.0358. The van der Waals surface area contributed by atoms with E-state index in [4.69, 9.17) is 4.74 Å². The standard InChI is InChI=1S/C17H28N2O/c1-6-18-15(11-13-9-7-8-10-19-13)14-12-16(2,3)20-17(14,4)5/h7-10,14-15,18H,6,11-12H2,1-5H3. The summed E-state index contributed by atoms with van der Waals surface area (Å²) in [5, 5.41) is 3.65. The van der Waals surface area contributed by atoms with Crippen molar-refractivity contribution in [2.24, 2.45) is 5.92 Å². The Morgan fingerprint density at radius 1 is 1.35 bits per heavy atom. The van der Waals surface area contributed by atoms with Crippen LogP contribution in [0.1, 0.15) is 46.7 Å². The number of nitrogens with one attached hydrogen (secondary N) is 1. The Morgan fingerprint density at radius 2 is 2.10 bits per heavy atom. The fraction of sp³-hybridized carbons (Fsp3) is 0.706. The highest BCUT2D eigenvalue weighted by molar-refractivity contribution is 5.08. The van der Waals surface area contributed by atoms with E-state index in [9.17, 15) is 0 Å². The molecule has 1 saturated heterocycles. The van der Waals surface area contributed by atoms with Gasteiger partial charge in [-0.3, -0.25) is 4.98 Å². The van der Waals surface area contributed by atoms with Crippen molar-refractivity contribution in [2.45, 2.75) is 64.7 Å². The molecule has 0 aliphatic carbocycles. The van der Waals surface area contributed by atoms with Gasteiger partial charge in [0.2, 0.25) is 0 Å². The van der Waals surface area contributed by atoms with E-state index >= 15 is 0 Å². The Bertz CT molecular complexity index is 428. The summed E-state index contributed by atoms with van der Waals surface area (Å²) in [5.41, 5.74) is 1.02. The van der Waals surface area contributed by atoms with E-state index < -0.39 is 0 Å². The molecule has 0 saturated carbocycles. The molecule has 0 amide bonds. The molecule has 2 heterocycles. The van der Waals surface area contributed by atoms with Crippen LogP contribution in [0.25, 0.3) is 0 Å². The molecular weight excluding hydrogens is 248 g/mol. The topological polar surface area (TPSA) is 34.2 Å². The number of rotatable bonds is 5. The van der Waals surface area contributed by atoms with E-state index in [0.29, 0.717) is 12.0 Å². The molecule has 0 radical (unpaired) electrons. The smallest absolute Gasteiger partial charge is 0.0677 e. The lowest BCUT2D eigenvalue weighted by Gasteiger charge is -2.33. The Labute approximate surface area is 123 Å². The van der Waals surface area contributed by atoms with Gasteiger partial charge in [0.25, 0.3) is 0 Å². The van der Waals surface area contributed by atoms with Crippen molar-refractivity contribution in [3.05, 3.63) is 30.1 Å². The lowest BCUT2D eigenvalue weighted by molar-refractivity contribution is -0.0776. The first-order valence-corrected chi connectivity index (χ1v) is 7.67. The molecule has 1 fully saturated rings. The lowest BCUT2D eigenvalue weighted by atomic mass is 9.80. The second-order valence-electron chi connectivity index (χ2n) is 6.97. The fourth-order valence-corrected chi connectivity index (χ4v) is 3.59. The molecule has 2 rings (SSSR count). The van der Waals surface area contributed by atoms with Crippen LogP contribution < -0.4 is 5.32 Å². The minimum atomic E-state index is -0.0921. The molecule has 1 aliphatic heterocycles. The third-order valence-corrected chi connectivity index (χ3v) is 4.25. The van der Waals surface area contributed by atoms with Gasteiger partial charge in [-0.2, -0.15) is 0 Å². The summed E-state index contributed by atoms with van der Waals surface area (Å²) in [6.45, 7) is 12.0. The Balaban J connectivity index is 2.16. The van der Waals surface area contributed by atoms with Crippen LogP contribution in [0.5, 0.6) is 0 Å². The first kappa shape index (κ1) is 15.5. The van der Waals surface area contributed by atoms with Crippen molar-refractivity contribution >= 4 is 0 Å². The van der Waals surface area contributed by atoms with Gasteiger partial charge in [-0.05, 0) is 52.8 Å². The number of nitrogens with zero attached hydrogens (tertiary/aromatic N) is 1. The molecule has 1 aromatic heterocycles. The third-order valence-electron chi connectivity index (χ3n) is 4.25. The second-order valence-corrected chi connectivity index (χ2v) is 6.97. The van der Waals surface area contributed by atoms with Crippen LogP contribution in [0.2, 0.25) is 0 Å². The maximum Gasteiger partial charge on any atom is 0.0677 e. The van der Waals surface area contributed by atoms with E-state index in [1.54, 1.807) is 0 Å². The number of pyridine rings is 1. The normalized spacial score (nSPS) is 25.6. The quantitative estimate of drug-likeness (QED) is 0.897. The summed E-state index contributed by atoms with van der Waals surface area (Å²) < 4.78 is 6.25. The van der Waals surface area contributed by atoms with Crippen LogP contribution >= 0.6 is 0 Å². The summed E-state index contributed by atoms with van der Waals surface area (Å²) in [6, 6.07) is 6.55. The Kier molecular flexibility index (Phi) is 4.50. The van der Waals surface area contributed by atoms with Crippen LogP contribution in [-0.2, 0) is 11.2 Å². The predicted octanol–water partition coefficient (Wildman–Crippen LogP) is 3.20. The van der Waals surface area contributed by atoms with E-state index in [1.165, 1.54) is 0 Å². The zero-order valence-corrected chi connectivity index (χ0v) is 13.4. The molecule has 3 heteroatoms. The van der Waals surface area contributed by atoms with Gasteiger partial charge in [-0.25, -0.2) is 0 Å². The zero-order chi connectivity index (χ0) is 14.8. The molecule has 1 aromatic rings. The largest absolute Gasteiger partial charge is 0.369 e. The van der Waals surface area contributed by atoms with E-state index in [2.05, 4.69) is 57.1 Å². The predicted molar refractivity (Wildman–Crippen MR) is 82.8 cm³/mol. The molecule has 3 nitrogen and oxygen atoms in total. The molecule has 0 bridgehead atoms. The first-order valence-electron chi connectivity index (χ1n) is 7.67. The van der Waals surface area contributed by atoms with Crippen molar-refractivity contribution in [2.75, 3.05) is 6.54 Å². The van der Waals surface area contributed by atoms with Crippen molar-refractivity contribution in [1.29, 1.82) is 0 Å². The number of ether oxygens (including phenoxy) is 1. The molecule has 0 spiro atoms. The number of likely N-dealkylation sites (N-methyl/N-ethyl adjacent to an activating group) is 1. The number of aromatic nitrogens is 1. The maximum absolute atomic E-state index is 6.25. The second kappa shape index (κ2) is 5.82. The average molecular weight is 276 g/mol. The molecule has 1 N–H and O–H groups in total. The van der Waals surface area contributed by atoms with E-state index in [1.807, 2.05) is 12.3 Å². The van der Waals surface area contributed by atoms with E-state index in [0.717, 1.165) is 25.1 Å². The van der Waals surface area contributed by atoms with Gasteiger partial charge in [0.1, 0.15) is 0 Å². The molecular formula is C17H28N2O. The van der Waals surface area contributed by atoms with Crippen molar-refractivity contribution in [3.8, 4) is 0 Å². The van der Waals surface area contributed by atoms with Gasteiger partial charge in [0, 0.05) is 30.3 Å². The lowest BCUT2D eigenvalue weighted by Crippen LogP contribution is -2.45. The van der Waals surface area contributed by atoms with Crippen LogP contribution in [0.15, 0.2) is 24.4 Å². The van der Waals surface area contributed by atoms with E-state index in [-0.39, 0.29) is 11.2 Å². The maximum atomic E-state index is 6.25. The van der Waals surface area contributed by atoms with Crippen molar-refractivity contribution in [1.82, 2.24) is 10.3 Å². The van der Waals surface area contributed by atoms with Gasteiger partial charge in [0.15, 0.2) is 0 Å². The fourth-order valence-electron chi connectivity index (χ4n) is 3.59. The van der Waals surface area contributed by atoms with Gasteiger partial charge >= 0.3 is 0 Å². The SMILES string of the molecule is CCNC(Cc1ccccn1)C1CC(C)(C)OC1(C)C. The van der Waals surface area contributed by atoms with Gasteiger partial charge in [0.05, 0.1) is 11.2 Å². The molecule has 2 unspecified atom stereocenters. The van der Waals surface area contributed by atoms with Crippen molar-refractivity contribution < 1.29 is 4.74 Å². The van der Waals surface area contributed by atoms with Crippen LogP contribution in [0, 0.1) is 5.92 Å². The molecule has 2 atom stereocenters. The summed E-state index contributed by atoms with van der Waals surface area (Å²) in [5.74, 6) is 0.499. The number of hydrogen-bond donors (Lipinski definition) is 1. The van der Waals surface area contributed by atoms with Crippen LogP contribution in [0.4, 0.5) is 0 Å². The van der Waals surface area contributed by atoms with Crippen LogP contribution in [-0.4, -0.2) is 28.8 Å². The highest BCUT2D eigenvalue weighted by atomic mass is 16.5. The average Bonchev–Trinajstić information content (AvgIpc) is 2.58. The third kappa shape index (κ3) is 3.58. The molecule has 20 heavy (non-hydrogen) atoms. The summed E-state index contributed by atoms with van der Waals surface area (Å²) in [6.07, 6.45) is 3.92. The minimum Gasteiger partial charge on any atom is -0.369 e. The molecule has 112 valence electrons. The van der Waals surface area contributed by atoms with Crippen LogP contribution in [0.3, 0.4) is 0 Å². The first-order chi connectivity index (χ1) is 9.34. The molecule has 1 aliphatic rings. The highest BCUT2D eigenvalue weighted by Crippen LogP contribution is 2.44. The Hall–Kier alpha value is -0.930. The zero-order valence-electron chi connectivity index (χ0n) is 13.4. The molecule has 0 aromatic carbocycles. The Morgan fingerprint density at radius 3 is 2.60 bits per heavy atom.